The second-order valence-electron chi connectivity index (χ2n) is 10.4. The molecule has 1 atom stereocenters. The lowest BCUT2D eigenvalue weighted by Crippen LogP contribution is -2.53. The summed E-state index contributed by atoms with van der Waals surface area (Å²) in [6.07, 6.45) is 0.196. The quantitative estimate of drug-likeness (QED) is 0.206. The molecule has 0 rings (SSSR count). The SMILES string of the molecule is CCOC(=O)C(/C=C\C[C@@H](C(=O)OC(C)(C)C)N(C(=O)OC(C)(C)C)C(=O)OC(C)(C)C)=N\OC. The number of esters is 2. The minimum Gasteiger partial charge on any atom is -0.461 e. The van der Waals surface area contributed by atoms with Gasteiger partial charge in [-0.05, 0) is 81.7 Å². The molecule has 0 bridgehead atoms. The van der Waals surface area contributed by atoms with E-state index in [-0.39, 0.29) is 18.7 Å². The molecule has 11 heteroatoms. The molecule has 0 unspecified atom stereocenters. The molecule has 200 valence electrons. The zero-order chi connectivity index (χ0) is 27.6. The predicted octanol–water partition coefficient (Wildman–Crippen LogP) is 4.38. The average molecular weight is 501 g/mol. The number of oxime groups is 1. The van der Waals surface area contributed by atoms with Gasteiger partial charge in [0.05, 0.1) is 6.61 Å². The molecule has 0 aromatic carbocycles. The van der Waals surface area contributed by atoms with Gasteiger partial charge in [0.15, 0.2) is 5.71 Å². The summed E-state index contributed by atoms with van der Waals surface area (Å²) in [5.74, 6) is -1.63. The maximum absolute atomic E-state index is 13.1. The first-order valence-corrected chi connectivity index (χ1v) is 11.2. The number of imide groups is 1. The van der Waals surface area contributed by atoms with E-state index < -0.39 is 47.0 Å². The average Bonchev–Trinajstić information content (AvgIpc) is 2.62. The zero-order valence-electron chi connectivity index (χ0n) is 22.7. The monoisotopic (exact) mass is 500 g/mol. The number of carbonyl (C=O) groups is 4. The van der Waals surface area contributed by atoms with Crippen LogP contribution in [0.1, 0.15) is 75.7 Å². The summed E-state index contributed by atoms with van der Waals surface area (Å²) in [4.78, 5) is 56.5. The summed E-state index contributed by atoms with van der Waals surface area (Å²) >= 11 is 0. The molecule has 0 aromatic rings. The van der Waals surface area contributed by atoms with Crippen LogP contribution < -0.4 is 0 Å². The second-order valence-corrected chi connectivity index (χ2v) is 10.4. The van der Waals surface area contributed by atoms with Crippen LogP contribution in [0, 0.1) is 0 Å². The highest BCUT2D eigenvalue weighted by Crippen LogP contribution is 2.21. The Morgan fingerprint density at radius 1 is 0.829 bits per heavy atom. The Morgan fingerprint density at radius 2 is 1.29 bits per heavy atom. The molecule has 35 heavy (non-hydrogen) atoms. The van der Waals surface area contributed by atoms with E-state index in [1.165, 1.54) is 19.3 Å². The summed E-state index contributed by atoms with van der Waals surface area (Å²) in [7, 11) is 1.25. The van der Waals surface area contributed by atoms with Gasteiger partial charge in [0.1, 0.15) is 30.0 Å². The molecule has 0 aromatic heterocycles. The molecule has 0 saturated heterocycles. The highest BCUT2D eigenvalue weighted by Gasteiger charge is 2.41. The van der Waals surface area contributed by atoms with Crippen LogP contribution in [0.3, 0.4) is 0 Å². The van der Waals surface area contributed by atoms with Crippen LogP contribution >= 0.6 is 0 Å². The van der Waals surface area contributed by atoms with Gasteiger partial charge in [0.25, 0.3) is 0 Å². The number of ether oxygens (including phenoxy) is 4. The van der Waals surface area contributed by atoms with Crippen LogP contribution in [0.4, 0.5) is 9.59 Å². The molecule has 0 saturated carbocycles. The van der Waals surface area contributed by atoms with Crippen LogP contribution in [0.5, 0.6) is 0 Å². The van der Waals surface area contributed by atoms with E-state index in [0.717, 1.165) is 0 Å². The molecule has 0 aliphatic heterocycles. The van der Waals surface area contributed by atoms with Crippen LogP contribution in [-0.4, -0.2) is 71.3 Å². The molecular weight excluding hydrogens is 460 g/mol. The van der Waals surface area contributed by atoms with Crippen molar-refractivity contribution in [1.82, 2.24) is 4.90 Å². The van der Waals surface area contributed by atoms with E-state index >= 15 is 0 Å². The second kappa shape index (κ2) is 13.1. The molecule has 0 heterocycles. The minimum absolute atomic E-state index is 0.112. The molecule has 0 radical (unpaired) electrons. The fourth-order valence-corrected chi connectivity index (χ4v) is 2.38. The van der Waals surface area contributed by atoms with E-state index in [4.69, 9.17) is 18.9 Å². The number of hydrogen-bond acceptors (Lipinski definition) is 10. The first kappa shape index (κ1) is 31.9. The molecule has 0 aliphatic rings. The maximum atomic E-state index is 13.1. The number of amides is 2. The predicted molar refractivity (Wildman–Crippen MR) is 129 cm³/mol. The van der Waals surface area contributed by atoms with Gasteiger partial charge in [-0.2, -0.15) is 4.90 Å². The summed E-state index contributed by atoms with van der Waals surface area (Å²) in [5, 5.41) is 3.60. The summed E-state index contributed by atoms with van der Waals surface area (Å²) in [6, 6.07) is -1.47. The fourth-order valence-electron chi connectivity index (χ4n) is 2.38. The van der Waals surface area contributed by atoms with Crippen LogP contribution in [0.15, 0.2) is 17.3 Å². The Bertz CT molecular complexity index is 784. The lowest BCUT2D eigenvalue weighted by molar-refractivity contribution is -0.161. The van der Waals surface area contributed by atoms with Crippen molar-refractivity contribution < 1.29 is 43.0 Å². The largest absolute Gasteiger partial charge is 0.461 e. The van der Waals surface area contributed by atoms with Crippen molar-refractivity contribution in [1.29, 1.82) is 0 Å². The number of nitrogens with zero attached hydrogens (tertiary/aromatic N) is 2. The van der Waals surface area contributed by atoms with Gasteiger partial charge >= 0.3 is 24.1 Å². The molecule has 0 fully saturated rings. The lowest BCUT2D eigenvalue weighted by atomic mass is 10.1. The van der Waals surface area contributed by atoms with Crippen molar-refractivity contribution in [2.45, 2.75) is 98.5 Å². The first-order chi connectivity index (χ1) is 15.8. The fraction of sp³-hybridized carbons (Fsp3) is 0.708. The van der Waals surface area contributed by atoms with Crippen LogP contribution in [0.2, 0.25) is 0 Å². The maximum Gasteiger partial charge on any atom is 0.420 e. The first-order valence-electron chi connectivity index (χ1n) is 11.2. The smallest absolute Gasteiger partial charge is 0.420 e. The van der Waals surface area contributed by atoms with Crippen molar-refractivity contribution in [2.24, 2.45) is 5.16 Å². The van der Waals surface area contributed by atoms with Gasteiger partial charge in [-0.25, -0.2) is 19.2 Å². The van der Waals surface area contributed by atoms with Gasteiger partial charge in [-0.3, -0.25) is 0 Å². The number of hydrogen-bond donors (Lipinski definition) is 0. The van der Waals surface area contributed by atoms with Gasteiger partial charge in [-0.15, -0.1) is 0 Å². The van der Waals surface area contributed by atoms with Gasteiger partial charge < -0.3 is 23.8 Å². The summed E-state index contributed by atoms with van der Waals surface area (Å²) in [6.45, 7) is 16.4. The number of rotatable bonds is 8. The van der Waals surface area contributed by atoms with Crippen LogP contribution in [0.25, 0.3) is 0 Å². The summed E-state index contributed by atoms with van der Waals surface area (Å²) < 4.78 is 21.1. The normalized spacial score (nSPS) is 13.6. The van der Waals surface area contributed by atoms with Crippen LogP contribution in [-0.2, 0) is 33.4 Å². The zero-order valence-corrected chi connectivity index (χ0v) is 22.7. The Balaban J connectivity index is 6.38. The highest BCUT2D eigenvalue weighted by molar-refractivity contribution is 6.41. The van der Waals surface area contributed by atoms with Gasteiger partial charge in [0.2, 0.25) is 0 Å². The Kier molecular flexibility index (Phi) is 11.9. The topological polar surface area (TPSA) is 130 Å². The van der Waals surface area contributed by atoms with Gasteiger partial charge in [0, 0.05) is 0 Å². The number of carbonyl (C=O) groups excluding carboxylic acids is 4. The summed E-state index contributed by atoms with van der Waals surface area (Å²) in [5.41, 5.74) is -3.03. The van der Waals surface area contributed by atoms with E-state index in [1.807, 2.05) is 0 Å². The third-order valence-corrected chi connectivity index (χ3v) is 3.48. The highest BCUT2D eigenvalue weighted by atomic mass is 16.6. The van der Waals surface area contributed by atoms with E-state index in [1.54, 1.807) is 69.2 Å². The molecule has 2 amide bonds. The van der Waals surface area contributed by atoms with E-state index in [2.05, 4.69) is 9.99 Å². The third-order valence-electron chi connectivity index (χ3n) is 3.48. The van der Waals surface area contributed by atoms with Gasteiger partial charge in [-0.1, -0.05) is 11.2 Å². The standard InChI is InChI=1S/C24H40N2O9/c1-12-32-18(27)16(25-31-11)14-13-15-17(19(28)33-22(2,3)4)26(20(29)34-23(5,6)7)21(30)35-24(8,9)10/h13-14,17H,12,15H2,1-11H3/b14-13-,25-16-/t17-/m0/s1. The Morgan fingerprint density at radius 3 is 1.66 bits per heavy atom. The van der Waals surface area contributed by atoms with E-state index in [0.29, 0.717) is 4.90 Å². The minimum atomic E-state index is -1.47. The molecule has 0 N–H and O–H groups in total. The Hall–Kier alpha value is -3.11. The third kappa shape index (κ3) is 13.4. The van der Waals surface area contributed by atoms with Crippen molar-refractivity contribution in [3.05, 3.63) is 12.2 Å². The Labute approximate surface area is 207 Å². The molecule has 0 spiro atoms. The van der Waals surface area contributed by atoms with E-state index in [9.17, 15) is 19.2 Å². The van der Waals surface area contributed by atoms with Crippen molar-refractivity contribution in [3.63, 3.8) is 0 Å². The molecular formula is C24H40N2O9. The van der Waals surface area contributed by atoms with Crippen molar-refractivity contribution in [3.8, 4) is 0 Å². The molecule has 11 nitrogen and oxygen atoms in total. The van der Waals surface area contributed by atoms with Crippen molar-refractivity contribution in [2.75, 3.05) is 13.7 Å². The van der Waals surface area contributed by atoms with Crippen molar-refractivity contribution >= 4 is 29.8 Å². The lowest BCUT2D eigenvalue weighted by Gasteiger charge is -2.33. The molecule has 0 aliphatic carbocycles.